The summed E-state index contributed by atoms with van der Waals surface area (Å²) in [7, 11) is 0. The highest BCUT2D eigenvalue weighted by molar-refractivity contribution is 4.86. The summed E-state index contributed by atoms with van der Waals surface area (Å²) in [5, 5.41) is 0. The van der Waals surface area contributed by atoms with Crippen molar-refractivity contribution in [1.82, 2.24) is 4.57 Å². The van der Waals surface area contributed by atoms with Crippen LogP contribution in [0.1, 0.15) is 168 Å². The van der Waals surface area contributed by atoms with Crippen LogP contribution in [0.25, 0.3) is 0 Å². The van der Waals surface area contributed by atoms with E-state index in [4.69, 9.17) is 0 Å². The Labute approximate surface area is 202 Å². The molecule has 0 aliphatic rings. The molecule has 0 atom stereocenters. The Morgan fingerprint density at radius 1 is 0.594 bits per heavy atom. The normalized spacial score (nSPS) is 11.7. The van der Waals surface area contributed by atoms with Crippen molar-refractivity contribution < 1.29 is 4.57 Å². The van der Waals surface area contributed by atoms with Gasteiger partial charge in [-0.1, -0.05) is 123 Å². The minimum atomic E-state index is 0.572. The molecule has 0 unspecified atom stereocenters. The first-order valence-corrected chi connectivity index (χ1v) is 14.8. The average molecular weight is 448 g/mol. The van der Waals surface area contributed by atoms with E-state index in [-0.39, 0.29) is 0 Å². The Bertz CT molecular complexity index is 517. The van der Waals surface area contributed by atoms with Crippen LogP contribution in [0.5, 0.6) is 0 Å². The maximum Gasteiger partial charge on any atom is 0.256 e. The van der Waals surface area contributed by atoms with E-state index < -0.39 is 0 Å². The number of unbranched alkanes of at least 4 members (excludes halogenated alkanes) is 18. The topological polar surface area (TPSA) is 8.81 Å². The molecule has 1 aromatic heterocycles. The number of aromatic nitrogens is 2. The van der Waals surface area contributed by atoms with E-state index in [2.05, 4.69) is 49.2 Å². The molecule has 0 N–H and O–H groups in total. The standard InChI is InChI=1S/C30H59N2/c1-5-7-9-11-13-14-15-16-17-18-19-20-21-23-25-30-31(27-28-32(30)29(3)4)26-24-22-12-10-8-6-2/h27-29H,5-26H2,1-4H3/q+1. The smallest absolute Gasteiger partial charge is 0.234 e. The molecule has 0 aliphatic heterocycles. The third kappa shape index (κ3) is 14.4. The first-order chi connectivity index (χ1) is 15.7. The van der Waals surface area contributed by atoms with Crippen molar-refractivity contribution in [2.45, 2.75) is 175 Å². The predicted molar refractivity (Wildman–Crippen MR) is 142 cm³/mol. The first kappa shape index (κ1) is 29.2. The highest BCUT2D eigenvalue weighted by Gasteiger charge is 2.18. The lowest BCUT2D eigenvalue weighted by Gasteiger charge is -2.08. The van der Waals surface area contributed by atoms with Crippen LogP contribution < -0.4 is 4.57 Å². The fraction of sp³-hybridized carbons (Fsp3) is 0.900. The molecule has 1 rings (SSSR count). The first-order valence-electron chi connectivity index (χ1n) is 14.8. The summed E-state index contributed by atoms with van der Waals surface area (Å²) in [4.78, 5) is 0. The molecule has 0 saturated heterocycles. The second-order valence-electron chi connectivity index (χ2n) is 10.5. The number of imidazole rings is 1. The second-order valence-corrected chi connectivity index (χ2v) is 10.5. The maximum absolute atomic E-state index is 2.56. The molecule has 0 aliphatic carbocycles. The molecule has 2 nitrogen and oxygen atoms in total. The third-order valence-corrected chi connectivity index (χ3v) is 7.10. The van der Waals surface area contributed by atoms with Crippen molar-refractivity contribution in [3.8, 4) is 0 Å². The van der Waals surface area contributed by atoms with Crippen LogP contribution in [0.2, 0.25) is 0 Å². The molecule has 1 heterocycles. The van der Waals surface area contributed by atoms with Gasteiger partial charge in [0, 0.05) is 6.42 Å². The molecular weight excluding hydrogens is 388 g/mol. The van der Waals surface area contributed by atoms with Gasteiger partial charge in [0.2, 0.25) is 0 Å². The molecule has 0 saturated carbocycles. The Morgan fingerprint density at radius 3 is 1.44 bits per heavy atom. The average Bonchev–Trinajstić information content (AvgIpc) is 3.19. The lowest BCUT2D eigenvalue weighted by Crippen LogP contribution is -2.37. The van der Waals surface area contributed by atoms with Gasteiger partial charge in [0.25, 0.3) is 5.82 Å². The molecule has 0 spiro atoms. The summed E-state index contributed by atoms with van der Waals surface area (Å²) < 4.78 is 5.07. The van der Waals surface area contributed by atoms with Crippen LogP contribution in [-0.4, -0.2) is 4.57 Å². The highest BCUT2D eigenvalue weighted by atomic mass is 15.2. The quantitative estimate of drug-likeness (QED) is 0.117. The van der Waals surface area contributed by atoms with Crippen LogP contribution in [0.4, 0.5) is 0 Å². The minimum Gasteiger partial charge on any atom is -0.234 e. The number of hydrogen-bond donors (Lipinski definition) is 0. The van der Waals surface area contributed by atoms with Crippen molar-refractivity contribution in [2.24, 2.45) is 0 Å². The van der Waals surface area contributed by atoms with Gasteiger partial charge in [-0.2, -0.15) is 0 Å². The lowest BCUT2D eigenvalue weighted by atomic mass is 10.0. The monoisotopic (exact) mass is 447 g/mol. The van der Waals surface area contributed by atoms with Crippen molar-refractivity contribution in [2.75, 3.05) is 0 Å². The molecule has 32 heavy (non-hydrogen) atoms. The van der Waals surface area contributed by atoms with Gasteiger partial charge >= 0.3 is 0 Å². The Morgan fingerprint density at radius 2 is 1.00 bits per heavy atom. The highest BCUT2D eigenvalue weighted by Crippen LogP contribution is 2.15. The number of nitrogens with zero attached hydrogens (tertiary/aromatic N) is 2. The van der Waals surface area contributed by atoms with Crippen LogP contribution in [0.15, 0.2) is 12.4 Å². The van der Waals surface area contributed by atoms with Crippen molar-refractivity contribution >= 4 is 0 Å². The SMILES string of the molecule is CCCCCCCCCCCCCCCCc1n(C(C)C)cc[n+]1CCCCCCCC. The summed E-state index contributed by atoms with van der Waals surface area (Å²) in [6.45, 7) is 10.5. The van der Waals surface area contributed by atoms with E-state index in [0.29, 0.717) is 6.04 Å². The van der Waals surface area contributed by atoms with E-state index in [1.54, 1.807) is 5.82 Å². The van der Waals surface area contributed by atoms with Crippen molar-refractivity contribution in [1.29, 1.82) is 0 Å². The van der Waals surface area contributed by atoms with E-state index in [1.165, 1.54) is 141 Å². The lowest BCUT2D eigenvalue weighted by molar-refractivity contribution is -0.704. The number of rotatable bonds is 23. The zero-order chi connectivity index (χ0) is 23.3. The van der Waals surface area contributed by atoms with Gasteiger partial charge in [0.1, 0.15) is 12.4 Å². The van der Waals surface area contributed by atoms with Crippen molar-refractivity contribution in [3.63, 3.8) is 0 Å². The van der Waals surface area contributed by atoms with Crippen LogP contribution >= 0.6 is 0 Å². The van der Waals surface area contributed by atoms with Crippen molar-refractivity contribution in [3.05, 3.63) is 18.2 Å². The van der Waals surface area contributed by atoms with Gasteiger partial charge < -0.3 is 0 Å². The summed E-state index contributed by atoms with van der Waals surface area (Å²) in [5.41, 5.74) is 0. The van der Waals surface area contributed by atoms with E-state index in [1.807, 2.05) is 0 Å². The van der Waals surface area contributed by atoms with Gasteiger partial charge in [-0.25, -0.2) is 9.13 Å². The molecule has 188 valence electrons. The Hall–Kier alpha value is -0.790. The van der Waals surface area contributed by atoms with Crippen LogP contribution in [-0.2, 0) is 13.0 Å². The summed E-state index contributed by atoms with van der Waals surface area (Å²) in [5.74, 6) is 1.56. The molecule has 2 heteroatoms. The predicted octanol–water partition coefficient (Wildman–Crippen LogP) is 9.74. The molecule has 1 aromatic rings. The zero-order valence-electron chi connectivity index (χ0n) is 22.7. The molecule has 0 amide bonds. The van der Waals surface area contributed by atoms with Gasteiger partial charge in [-0.05, 0) is 33.1 Å². The van der Waals surface area contributed by atoms with Gasteiger partial charge in [0.15, 0.2) is 0 Å². The fourth-order valence-electron chi connectivity index (χ4n) is 4.96. The van der Waals surface area contributed by atoms with Gasteiger partial charge in [-0.15, -0.1) is 0 Å². The molecule has 0 fully saturated rings. The molecular formula is C30H59N2+. The van der Waals surface area contributed by atoms with Crippen LogP contribution in [0.3, 0.4) is 0 Å². The molecule has 0 radical (unpaired) electrons. The van der Waals surface area contributed by atoms with Gasteiger partial charge in [-0.3, -0.25) is 0 Å². The van der Waals surface area contributed by atoms with Gasteiger partial charge in [0.05, 0.1) is 12.6 Å². The largest absolute Gasteiger partial charge is 0.256 e. The second kappa shape index (κ2) is 20.8. The fourth-order valence-corrected chi connectivity index (χ4v) is 4.96. The minimum absolute atomic E-state index is 0.572. The maximum atomic E-state index is 2.56. The van der Waals surface area contributed by atoms with E-state index in [9.17, 15) is 0 Å². The molecule has 0 bridgehead atoms. The Kier molecular flexibility index (Phi) is 19.0. The number of aryl methyl sites for hydroxylation is 1. The summed E-state index contributed by atoms with van der Waals surface area (Å²) in [6.07, 6.45) is 34.3. The van der Waals surface area contributed by atoms with E-state index >= 15 is 0 Å². The summed E-state index contributed by atoms with van der Waals surface area (Å²) in [6, 6.07) is 0.572. The summed E-state index contributed by atoms with van der Waals surface area (Å²) >= 11 is 0. The molecule has 0 aromatic carbocycles. The third-order valence-electron chi connectivity index (χ3n) is 7.10. The zero-order valence-corrected chi connectivity index (χ0v) is 22.7. The number of hydrogen-bond acceptors (Lipinski definition) is 0. The van der Waals surface area contributed by atoms with Crippen LogP contribution in [0, 0.1) is 0 Å². The van der Waals surface area contributed by atoms with E-state index in [0.717, 1.165) is 0 Å². The Balaban J connectivity index is 2.11.